The molecule has 0 saturated carbocycles. The molecule has 0 aliphatic heterocycles. The number of fused-ring (bicyclic) bond motifs is 1. The molecule has 0 amide bonds. The van der Waals surface area contributed by atoms with Gasteiger partial charge in [-0.2, -0.15) is 0 Å². The van der Waals surface area contributed by atoms with E-state index in [1.807, 2.05) is 12.1 Å². The first-order chi connectivity index (χ1) is 9.54. The fourth-order valence-electron chi connectivity index (χ4n) is 2.46. The molecule has 0 unspecified atom stereocenters. The van der Waals surface area contributed by atoms with Crippen LogP contribution in [-0.2, 0) is 6.42 Å². The normalized spacial score (nSPS) is 11.9. The summed E-state index contributed by atoms with van der Waals surface area (Å²) in [4.78, 5) is 0. The number of hydrogen-bond acceptors (Lipinski definition) is 0. The smallest absolute Gasteiger partial charge is 0.207 e. The minimum Gasteiger partial charge on any atom is -0.207 e. The summed E-state index contributed by atoms with van der Waals surface area (Å²) in [6.45, 7) is 2.83. The lowest BCUT2D eigenvalue weighted by Gasteiger charge is -2.09. The molecule has 2 rings (SSSR count). The van der Waals surface area contributed by atoms with Crippen LogP contribution in [0, 0.1) is 6.92 Å². The molecule has 2 aromatic rings. The molecule has 0 aromatic heterocycles. The Morgan fingerprint density at radius 1 is 0.850 bits per heavy atom. The lowest BCUT2D eigenvalue weighted by Crippen LogP contribution is -2.09. The Morgan fingerprint density at radius 2 is 1.55 bits per heavy atom. The highest BCUT2D eigenvalue weighted by Crippen LogP contribution is 2.21. The van der Waals surface area contributed by atoms with Gasteiger partial charge >= 0.3 is 0 Å². The number of halogens is 2. The lowest BCUT2D eigenvalue weighted by molar-refractivity contribution is 0.0395. The summed E-state index contributed by atoms with van der Waals surface area (Å²) in [6.07, 6.45) is 4.41. The van der Waals surface area contributed by atoms with E-state index in [1.165, 1.54) is 16.3 Å². The SMILES string of the molecule is [CH2]C(F)(F)CCCCCCc1ccc2ccccc2c1. The maximum Gasteiger partial charge on any atom is 0.248 e. The number of aryl methyl sites for hydroxylation is 1. The van der Waals surface area contributed by atoms with E-state index in [4.69, 9.17) is 0 Å². The fraction of sp³-hybridized carbons (Fsp3) is 0.389. The van der Waals surface area contributed by atoms with Crippen LogP contribution in [0.5, 0.6) is 0 Å². The van der Waals surface area contributed by atoms with E-state index < -0.39 is 5.92 Å². The van der Waals surface area contributed by atoms with Gasteiger partial charge in [0.25, 0.3) is 0 Å². The first kappa shape index (κ1) is 15.0. The molecule has 0 spiro atoms. The summed E-state index contributed by atoms with van der Waals surface area (Å²) in [5.74, 6) is -2.75. The van der Waals surface area contributed by atoms with Gasteiger partial charge < -0.3 is 0 Å². The highest BCUT2D eigenvalue weighted by Gasteiger charge is 2.19. The van der Waals surface area contributed by atoms with Crippen molar-refractivity contribution in [2.75, 3.05) is 0 Å². The van der Waals surface area contributed by atoms with Gasteiger partial charge in [0.2, 0.25) is 5.92 Å². The van der Waals surface area contributed by atoms with Crippen molar-refractivity contribution in [3.8, 4) is 0 Å². The van der Waals surface area contributed by atoms with Crippen LogP contribution in [0.4, 0.5) is 8.78 Å². The molecule has 0 nitrogen and oxygen atoms in total. The number of rotatable bonds is 7. The molecule has 0 heterocycles. The summed E-state index contributed by atoms with van der Waals surface area (Å²) >= 11 is 0. The maximum atomic E-state index is 12.5. The standard InChI is InChI=1S/C18H21F2/c1-18(19,20)13-7-3-2-4-8-15-11-12-16-9-5-6-10-17(16)14-15/h5-6,9-12,14H,1-4,7-8,13H2. The second-order valence-electron chi connectivity index (χ2n) is 5.45. The number of benzene rings is 2. The average Bonchev–Trinajstić information content (AvgIpc) is 2.41. The highest BCUT2D eigenvalue weighted by molar-refractivity contribution is 5.82. The molecular formula is C18H21F2. The van der Waals surface area contributed by atoms with E-state index in [9.17, 15) is 8.78 Å². The van der Waals surface area contributed by atoms with Crippen LogP contribution in [0.1, 0.15) is 37.7 Å². The van der Waals surface area contributed by atoms with Gasteiger partial charge in [0, 0.05) is 13.3 Å². The molecule has 1 radical (unpaired) electrons. The Balaban J connectivity index is 1.73. The van der Waals surface area contributed by atoms with Crippen LogP contribution in [0.15, 0.2) is 42.5 Å². The third-order valence-electron chi connectivity index (χ3n) is 3.57. The monoisotopic (exact) mass is 275 g/mol. The van der Waals surface area contributed by atoms with Crippen molar-refractivity contribution in [2.24, 2.45) is 0 Å². The Hall–Kier alpha value is -1.44. The summed E-state index contributed by atoms with van der Waals surface area (Å²) in [5, 5.41) is 2.52. The Morgan fingerprint density at radius 3 is 2.30 bits per heavy atom. The number of alkyl halides is 2. The summed E-state index contributed by atoms with van der Waals surface area (Å²) < 4.78 is 25.1. The second kappa shape index (κ2) is 6.83. The predicted molar refractivity (Wildman–Crippen MR) is 81.0 cm³/mol. The van der Waals surface area contributed by atoms with Crippen LogP contribution in [0.2, 0.25) is 0 Å². The van der Waals surface area contributed by atoms with Gasteiger partial charge in [0.05, 0.1) is 0 Å². The van der Waals surface area contributed by atoms with E-state index in [0.717, 1.165) is 25.7 Å². The largest absolute Gasteiger partial charge is 0.248 e. The quantitative estimate of drug-likeness (QED) is 0.560. The van der Waals surface area contributed by atoms with Crippen LogP contribution in [0.25, 0.3) is 10.8 Å². The summed E-state index contributed by atoms with van der Waals surface area (Å²) in [7, 11) is 0. The number of hydrogen-bond donors (Lipinski definition) is 0. The van der Waals surface area contributed by atoms with Crippen molar-refractivity contribution in [3.05, 3.63) is 55.0 Å². The molecule has 2 heteroatoms. The van der Waals surface area contributed by atoms with Gasteiger partial charge in [0.1, 0.15) is 0 Å². The van der Waals surface area contributed by atoms with Gasteiger partial charge in [-0.15, -0.1) is 0 Å². The molecule has 0 atom stereocenters. The Bertz CT molecular complexity index is 540. The zero-order valence-corrected chi connectivity index (χ0v) is 11.7. The van der Waals surface area contributed by atoms with Crippen molar-refractivity contribution in [1.82, 2.24) is 0 Å². The molecular weight excluding hydrogens is 254 g/mol. The molecule has 0 saturated heterocycles. The van der Waals surface area contributed by atoms with Gasteiger partial charge in [-0.05, 0) is 35.6 Å². The van der Waals surface area contributed by atoms with Gasteiger partial charge in [-0.25, -0.2) is 8.78 Å². The summed E-state index contributed by atoms with van der Waals surface area (Å²) in [6, 6.07) is 14.8. The Kier molecular flexibility index (Phi) is 5.11. The van der Waals surface area contributed by atoms with E-state index in [-0.39, 0.29) is 6.42 Å². The average molecular weight is 275 g/mol. The van der Waals surface area contributed by atoms with E-state index in [0.29, 0.717) is 6.42 Å². The first-order valence-electron chi connectivity index (χ1n) is 7.25. The van der Waals surface area contributed by atoms with E-state index in [2.05, 4.69) is 37.3 Å². The van der Waals surface area contributed by atoms with Gasteiger partial charge in [-0.1, -0.05) is 55.3 Å². The zero-order chi connectivity index (χ0) is 14.4. The lowest BCUT2D eigenvalue weighted by atomic mass is 10.0. The van der Waals surface area contributed by atoms with Crippen molar-refractivity contribution in [3.63, 3.8) is 0 Å². The van der Waals surface area contributed by atoms with Crippen molar-refractivity contribution in [1.29, 1.82) is 0 Å². The summed E-state index contributed by atoms with van der Waals surface area (Å²) in [5.41, 5.74) is 1.33. The zero-order valence-electron chi connectivity index (χ0n) is 11.7. The molecule has 2 aromatic carbocycles. The van der Waals surface area contributed by atoms with E-state index >= 15 is 0 Å². The molecule has 0 N–H and O–H groups in total. The predicted octanol–water partition coefficient (Wildman–Crippen LogP) is 5.80. The molecule has 20 heavy (non-hydrogen) atoms. The minimum absolute atomic E-state index is 0.0943. The van der Waals surface area contributed by atoms with Gasteiger partial charge in [0.15, 0.2) is 0 Å². The number of unbranched alkanes of at least 4 members (excludes halogenated alkanes) is 3. The van der Waals surface area contributed by atoms with Crippen molar-refractivity contribution >= 4 is 10.8 Å². The Labute approximate surface area is 119 Å². The third kappa shape index (κ3) is 4.92. The minimum atomic E-state index is -2.75. The fourth-order valence-corrected chi connectivity index (χ4v) is 2.46. The molecule has 107 valence electrons. The van der Waals surface area contributed by atoms with Crippen LogP contribution in [0.3, 0.4) is 0 Å². The van der Waals surface area contributed by atoms with Crippen molar-refractivity contribution in [2.45, 2.75) is 44.4 Å². The second-order valence-corrected chi connectivity index (χ2v) is 5.45. The van der Waals surface area contributed by atoms with Gasteiger partial charge in [-0.3, -0.25) is 0 Å². The van der Waals surface area contributed by atoms with Crippen LogP contribution >= 0.6 is 0 Å². The molecule has 0 aliphatic carbocycles. The van der Waals surface area contributed by atoms with E-state index in [1.54, 1.807) is 0 Å². The first-order valence-corrected chi connectivity index (χ1v) is 7.25. The highest BCUT2D eigenvalue weighted by atomic mass is 19.3. The third-order valence-corrected chi connectivity index (χ3v) is 3.57. The molecule has 0 fully saturated rings. The molecule has 0 aliphatic rings. The van der Waals surface area contributed by atoms with Crippen molar-refractivity contribution < 1.29 is 8.78 Å². The molecule has 0 bridgehead atoms. The maximum absolute atomic E-state index is 12.5. The van der Waals surface area contributed by atoms with Crippen LogP contribution < -0.4 is 0 Å². The topological polar surface area (TPSA) is 0 Å². The van der Waals surface area contributed by atoms with Crippen LogP contribution in [-0.4, -0.2) is 5.92 Å².